The lowest BCUT2D eigenvalue weighted by atomic mass is 9.98. The monoisotopic (exact) mass is 475 g/mol. The Morgan fingerprint density at radius 1 is 0.886 bits per heavy atom. The summed E-state index contributed by atoms with van der Waals surface area (Å²) in [4.78, 5) is 23.9. The fourth-order valence-corrected chi connectivity index (χ4v) is 4.38. The molecule has 2 unspecified atom stereocenters. The molecule has 182 valence electrons. The van der Waals surface area contributed by atoms with Crippen molar-refractivity contribution in [3.63, 3.8) is 0 Å². The highest BCUT2D eigenvalue weighted by Gasteiger charge is 2.29. The Bertz CT molecular complexity index is 1130. The first-order valence-electron chi connectivity index (χ1n) is 11.7. The van der Waals surface area contributed by atoms with Crippen molar-refractivity contribution in [3.8, 4) is 11.1 Å². The van der Waals surface area contributed by atoms with Crippen molar-refractivity contribution in [2.45, 2.75) is 31.5 Å². The Balaban J connectivity index is 1.28. The van der Waals surface area contributed by atoms with Crippen molar-refractivity contribution in [2.24, 2.45) is 0 Å². The normalized spacial score (nSPS) is 13.9. The predicted octanol–water partition coefficient (Wildman–Crippen LogP) is 3.73. The van der Waals surface area contributed by atoms with Gasteiger partial charge in [-0.15, -0.1) is 0 Å². The number of benzene rings is 3. The highest BCUT2D eigenvalue weighted by Crippen LogP contribution is 2.44. The summed E-state index contributed by atoms with van der Waals surface area (Å²) in [6.45, 7) is 2.05. The molecule has 7 heteroatoms. The minimum Gasteiger partial charge on any atom is -0.466 e. The van der Waals surface area contributed by atoms with E-state index >= 15 is 0 Å². The minimum atomic E-state index is -1.23. The Kier molecular flexibility index (Phi) is 7.80. The van der Waals surface area contributed by atoms with Gasteiger partial charge in [0, 0.05) is 12.5 Å². The quantitative estimate of drug-likeness (QED) is 0.408. The van der Waals surface area contributed by atoms with E-state index in [2.05, 4.69) is 17.4 Å². The van der Waals surface area contributed by atoms with Crippen LogP contribution < -0.4 is 5.32 Å². The van der Waals surface area contributed by atoms with Gasteiger partial charge < -0.3 is 25.0 Å². The van der Waals surface area contributed by atoms with Crippen LogP contribution in [0, 0.1) is 0 Å². The lowest BCUT2D eigenvalue weighted by molar-refractivity contribution is -0.142. The molecule has 3 N–H and O–H groups in total. The number of esters is 1. The van der Waals surface area contributed by atoms with Crippen molar-refractivity contribution in [2.75, 3.05) is 19.8 Å². The largest absolute Gasteiger partial charge is 0.466 e. The van der Waals surface area contributed by atoms with Crippen LogP contribution in [-0.4, -0.2) is 48.1 Å². The molecular formula is C28H29NO6. The average Bonchev–Trinajstić information content (AvgIpc) is 3.20. The molecule has 3 aromatic carbocycles. The number of rotatable bonds is 9. The molecule has 1 aliphatic rings. The SMILES string of the molecule is CCOC(=O)Cc1ccc(C(O)C(O)CNC(=O)OCC2c3ccccc3-c3ccccc32)cc1. The second-order valence-electron chi connectivity index (χ2n) is 8.44. The lowest BCUT2D eigenvalue weighted by Crippen LogP contribution is -2.36. The summed E-state index contributed by atoms with van der Waals surface area (Å²) in [7, 11) is 0. The van der Waals surface area contributed by atoms with Crippen molar-refractivity contribution < 1.29 is 29.3 Å². The second-order valence-corrected chi connectivity index (χ2v) is 8.44. The van der Waals surface area contributed by atoms with Gasteiger partial charge in [0.05, 0.1) is 13.0 Å². The summed E-state index contributed by atoms with van der Waals surface area (Å²) in [5, 5.41) is 23.3. The Morgan fingerprint density at radius 3 is 2.09 bits per heavy atom. The summed E-state index contributed by atoms with van der Waals surface area (Å²) in [5.41, 5.74) is 5.73. The van der Waals surface area contributed by atoms with Crippen LogP contribution in [0.3, 0.4) is 0 Å². The van der Waals surface area contributed by atoms with Gasteiger partial charge in [-0.2, -0.15) is 0 Å². The highest BCUT2D eigenvalue weighted by atomic mass is 16.5. The molecule has 1 aliphatic carbocycles. The molecule has 35 heavy (non-hydrogen) atoms. The number of hydrogen-bond donors (Lipinski definition) is 3. The fraction of sp³-hybridized carbons (Fsp3) is 0.286. The minimum absolute atomic E-state index is 0.0585. The zero-order valence-electron chi connectivity index (χ0n) is 19.5. The number of aliphatic hydroxyl groups is 2. The number of amides is 1. The van der Waals surface area contributed by atoms with Crippen LogP contribution in [0.15, 0.2) is 72.8 Å². The van der Waals surface area contributed by atoms with Gasteiger partial charge in [-0.05, 0) is 40.3 Å². The van der Waals surface area contributed by atoms with Gasteiger partial charge in [0.15, 0.2) is 0 Å². The zero-order valence-corrected chi connectivity index (χ0v) is 19.5. The molecule has 0 saturated heterocycles. The van der Waals surface area contributed by atoms with Crippen LogP contribution in [0.5, 0.6) is 0 Å². The molecule has 0 aliphatic heterocycles. The van der Waals surface area contributed by atoms with E-state index in [0.29, 0.717) is 12.2 Å². The predicted molar refractivity (Wildman–Crippen MR) is 131 cm³/mol. The summed E-state index contributed by atoms with van der Waals surface area (Å²) < 4.78 is 10.4. The number of hydrogen-bond acceptors (Lipinski definition) is 6. The molecule has 0 radical (unpaired) electrons. The Labute approximate surface area is 204 Å². The molecule has 0 bridgehead atoms. The number of carbonyl (C=O) groups is 2. The number of nitrogens with one attached hydrogen (secondary N) is 1. The summed E-state index contributed by atoms with van der Waals surface area (Å²) in [6.07, 6.45) is -2.97. The van der Waals surface area contributed by atoms with Gasteiger partial charge >= 0.3 is 12.1 Å². The average molecular weight is 476 g/mol. The third-order valence-electron chi connectivity index (χ3n) is 6.14. The van der Waals surface area contributed by atoms with E-state index < -0.39 is 18.3 Å². The Hall–Kier alpha value is -3.68. The van der Waals surface area contributed by atoms with Crippen LogP contribution >= 0.6 is 0 Å². The molecule has 0 fully saturated rings. The molecule has 0 spiro atoms. The van der Waals surface area contributed by atoms with Crippen LogP contribution in [0.4, 0.5) is 4.79 Å². The van der Waals surface area contributed by atoms with Crippen molar-refractivity contribution in [3.05, 3.63) is 95.1 Å². The van der Waals surface area contributed by atoms with Crippen molar-refractivity contribution in [1.82, 2.24) is 5.32 Å². The third kappa shape index (κ3) is 5.70. The molecule has 3 aromatic rings. The molecule has 2 atom stereocenters. The standard InChI is InChI=1S/C28H29NO6/c1-2-34-26(31)15-18-11-13-19(14-12-18)27(32)25(30)16-29-28(33)35-17-24-22-9-5-3-7-20(22)21-8-4-6-10-23(21)24/h3-14,24-25,27,30,32H,2,15-17H2,1H3,(H,29,33). The number of aliphatic hydroxyl groups excluding tert-OH is 2. The van der Waals surface area contributed by atoms with E-state index in [4.69, 9.17) is 9.47 Å². The highest BCUT2D eigenvalue weighted by molar-refractivity contribution is 5.79. The lowest BCUT2D eigenvalue weighted by Gasteiger charge is -2.19. The number of alkyl carbamates (subject to hydrolysis) is 1. The topological polar surface area (TPSA) is 105 Å². The van der Waals surface area contributed by atoms with Gasteiger partial charge in [-0.25, -0.2) is 4.79 Å². The van der Waals surface area contributed by atoms with E-state index in [1.165, 1.54) is 0 Å². The molecule has 4 rings (SSSR count). The van der Waals surface area contributed by atoms with Gasteiger partial charge in [0.2, 0.25) is 0 Å². The van der Waals surface area contributed by atoms with Crippen LogP contribution in [-0.2, 0) is 20.7 Å². The smallest absolute Gasteiger partial charge is 0.407 e. The zero-order chi connectivity index (χ0) is 24.8. The van der Waals surface area contributed by atoms with Gasteiger partial charge in [-0.3, -0.25) is 4.79 Å². The maximum Gasteiger partial charge on any atom is 0.407 e. The molecule has 7 nitrogen and oxygen atoms in total. The molecule has 0 heterocycles. The van der Waals surface area contributed by atoms with Crippen molar-refractivity contribution >= 4 is 12.1 Å². The maximum atomic E-state index is 12.3. The fourth-order valence-electron chi connectivity index (χ4n) is 4.38. The summed E-state index contributed by atoms with van der Waals surface area (Å²) in [5.74, 6) is -0.384. The summed E-state index contributed by atoms with van der Waals surface area (Å²) in [6, 6.07) is 22.8. The van der Waals surface area contributed by atoms with Gasteiger partial charge in [0.1, 0.15) is 18.8 Å². The summed E-state index contributed by atoms with van der Waals surface area (Å²) >= 11 is 0. The first-order valence-corrected chi connectivity index (χ1v) is 11.7. The third-order valence-corrected chi connectivity index (χ3v) is 6.14. The first kappa shape index (κ1) is 24.4. The van der Waals surface area contributed by atoms with E-state index in [1.807, 2.05) is 36.4 Å². The molecule has 0 saturated carbocycles. The number of fused-ring (bicyclic) bond motifs is 3. The van der Waals surface area contributed by atoms with E-state index in [0.717, 1.165) is 27.8 Å². The van der Waals surface area contributed by atoms with Crippen LogP contribution in [0.1, 0.15) is 41.2 Å². The molecule has 1 amide bonds. The second kappa shape index (κ2) is 11.2. The first-order chi connectivity index (χ1) is 17.0. The molecular weight excluding hydrogens is 446 g/mol. The Morgan fingerprint density at radius 2 is 1.49 bits per heavy atom. The molecule has 0 aromatic heterocycles. The van der Waals surface area contributed by atoms with E-state index in [9.17, 15) is 19.8 Å². The van der Waals surface area contributed by atoms with E-state index in [-0.39, 0.29) is 31.5 Å². The number of ether oxygens (including phenoxy) is 2. The van der Waals surface area contributed by atoms with Crippen LogP contribution in [0.25, 0.3) is 11.1 Å². The van der Waals surface area contributed by atoms with Crippen LogP contribution in [0.2, 0.25) is 0 Å². The van der Waals surface area contributed by atoms with Gasteiger partial charge in [-0.1, -0.05) is 72.8 Å². The number of carbonyl (C=O) groups excluding carboxylic acids is 2. The van der Waals surface area contributed by atoms with Gasteiger partial charge in [0.25, 0.3) is 0 Å². The maximum absolute atomic E-state index is 12.3. The van der Waals surface area contributed by atoms with E-state index in [1.54, 1.807) is 31.2 Å². The van der Waals surface area contributed by atoms with Crippen molar-refractivity contribution in [1.29, 1.82) is 0 Å².